The van der Waals surface area contributed by atoms with Gasteiger partial charge in [-0.15, -0.1) is 11.8 Å². The number of alkyl carbamates (subject to hydrolysis) is 1. The zero-order valence-corrected chi connectivity index (χ0v) is 25.5. The van der Waals surface area contributed by atoms with Crippen LogP contribution in [0.15, 0.2) is 71.6 Å². The highest BCUT2D eigenvalue weighted by Gasteiger charge is 2.33. The summed E-state index contributed by atoms with van der Waals surface area (Å²) in [6.07, 6.45) is -0.344. The molecule has 0 aliphatic carbocycles. The number of Topliss-reactive ketones (excluding diaryl/α,β-unsaturated/α-hetero) is 1. The second-order valence-electron chi connectivity index (χ2n) is 11.0. The summed E-state index contributed by atoms with van der Waals surface area (Å²) in [5.41, 5.74) is 2.36. The van der Waals surface area contributed by atoms with Gasteiger partial charge in [-0.25, -0.2) is 4.79 Å². The first-order valence-corrected chi connectivity index (χ1v) is 14.8. The van der Waals surface area contributed by atoms with Crippen molar-refractivity contribution in [1.82, 2.24) is 5.32 Å². The highest BCUT2D eigenvalue weighted by atomic mass is 35.5. The maximum absolute atomic E-state index is 13.9. The van der Waals surface area contributed by atoms with Crippen molar-refractivity contribution in [2.45, 2.75) is 63.1 Å². The second kappa shape index (κ2) is 13.0. The van der Waals surface area contributed by atoms with Crippen LogP contribution >= 0.6 is 23.4 Å². The van der Waals surface area contributed by atoms with Gasteiger partial charge in [0, 0.05) is 27.7 Å². The summed E-state index contributed by atoms with van der Waals surface area (Å²) in [5.74, 6) is 0.779. The summed E-state index contributed by atoms with van der Waals surface area (Å²) in [6.45, 7) is 7.57. The van der Waals surface area contributed by atoms with E-state index in [0.717, 1.165) is 21.8 Å². The molecule has 41 heavy (non-hydrogen) atoms. The van der Waals surface area contributed by atoms with E-state index in [0.29, 0.717) is 28.4 Å². The lowest BCUT2D eigenvalue weighted by Crippen LogP contribution is -2.50. The fourth-order valence-corrected chi connectivity index (χ4v) is 5.69. The molecular formula is C32H35ClN2O5S. The minimum atomic E-state index is -0.816. The lowest BCUT2D eigenvalue weighted by atomic mass is 9.93. The predicted molar refractivity (Wildman–Crippen MR) is 163 cm³/mol. The first kappa shape index (κ1) is 30.5. The quantitative estimate of drug-likeness (QED) is 0.276. The topological polar surface area (TPSA) is 84.9 Å². The Hall–Kier alpha value is -3.49. The molecule has 0 unspecified atom stereocenters. The number of methoxy groups -OCH3 is 1. The molecule has 2 amide bonds. The van der Waals surface area contributed by atoms with Crippen molar-refractivity contribution in [3.8, 4) is 5.75 Å². The van der Waals surface area contributed by atoms with Gasteiger partial charge < -0.3 is 19.7 Å². The Labute approximate surface area is 250 Å². The van der Waals surface area contributed by atoms with Crippen LogP contribution in [-0.4, -0.2) is 42.3 Å². The number of ketones is 1. The number of benzene rings is 3. The molecule has 9 heteroatoms. The van der Waals surface area contributed by atoms with Gasteiger partial charge in [-0.2, -0.15) is 0 Å². The number of nitrogens with one attached hydrogen (secondary N) is 1. The third-order valence-corrected chi connectivity index (χ3v) is 8.07. The number of carbonyl (C=O) groups excluding carboxylic acids is 3. The van der Waals surface area contributed by atoms with E-state index < -0.39 is 17.7 Å². The molecular weight excluding hydrogens is 560 g/mol. The smallest absolute Gasteiger partial charge is 0.408 e. The van der Waals surface area contributed by atoms with Gasteiger partial charge in [0.05, 0.1) is 19.3 Å². The number of rotatable bonds is 8. The normalized spacial score (nSPS) is 15.9. The van der Waals surface area contributed by atoms with E-state index >= 15 is 0 Å². The fraction of sp³-hybridized carbons (Fsp3) is 0.344. The molecule has 7 nitrogen and oxygen atoms in total. The molecule has 3 aromatic carbocycles. The number of halogens is 1. The molecule has 2 atom stereocenters. The summed E-state index contributed by atoms with van der Waals surface area (Å²) in [7, 11) is 1.62. The van der Waals surface area contributed by atoms with Crippen LogP contribution < -0.4 is 15.0 Å². The number of ether oxygens (including phenoxy) is 2. The maximum Gasteiger partial charge on any atom is 0.408 e. The molecule has 1 aliphatic rings. The summed E-state index contributed by atoms with van der Waals surface area (Å²) in [6, 6.07) is 19.6. The number of anilines is 1. The number of nitrogens with zero attached hydrogens (tertiary/aromatic N) is 1. The van der Waals surface area contributed by atoms with E-state index in [-0.39, 0.29) is 24.2 Å². The summed E-state index contributed by atoms with van der Waals surface area (Å²) >= 11 is 7.55. The van der Waals surface area contributed by atoms with E-state index in [2.05, 4.69) is 5.32 Å². The van der Waals surface area contributed by atoms with Gasteiger partial charge in [0.1, 0.15) is 17.4 Å². The molecule has 0 saturated heterocycles. The average molecular weight is 595 g/mol. The second-order valence-corrected chi connectivity index (χ2v) is 12.5. The van der Waals surface area contributed by atoms with Gasteiger partial charge in [0.25, 0.3) is 5.91 Å². The van der Waals surface area contributed by atoms with Crippen molar-refractivity contribution in [3.05, 3.63) is 88.4 Å². The molecule has 0 bridgehead atoms. The lowest BCUT2D eigenvalue weighted by molar-refractivity contribution is -0.120. The number of hydrogen-bond donors (Lipinski definition) is 1. The van der Waals surface area contributed by atoms with Crippen LogP contribution in [0.1, 0.15) is 61.5 Å². The van der Waals surface area contributed by atoms with Crippen molar-refractivity contribution in [3.63, 3.8) is 0 Å². The Morgan fingerprint density at radius 2 is 1.76 bits per heavy atom. The minimum Gasteiger partial charge on any atom is -0.497 e. The number of thioether (sulfide) groups is 1. The van der Waals surface area contributed by atoms with E-state index in [1.54, 1.807) is 51.0 Å². The summed E-state index contributed by atoms with van der Waals surface area (Å²) in [5, 5.41) is 3.34. The summed E-state index contributed by atoms with van der Waals surface area (Å²) < 4.78 is 10.7. The SMILES string of the molecule is COc1ccc([C@H](C)CC(=O)c2ccc3c(c2)N(Cc2ccc(Cl)cc2)C(=O)[C@@H](NC(=O)OC(C)(C)C)CS3)cc1. The molecule has 0 spiro atoms. The maximum atomic E-state index is 13.9. The zero-order chi connectivity index (χ0) is 29.7. The van der Waals surface area contributed by atoms with Crippen LogP contribution in [0.25, 0.3) is 0 Å². The van der Waals surface area contributed by atoms with Crippen LogP contribution in [0, 0.1) is 0 Å². The predicted octanol–water partition coefficient (Wildman–Crippen LogP) is 7.26. The van der Waals surface area contributed by atoms with Crippen LogP contribution in [0.2, 0.25) is 5.02 Å². The van der Waals surface area contributed by atoms with Crippen molar-refractivity contribution in [2.75, 3.05) is 17.8 Å². The summed E-state index contributed by atoms with van der Waals surface area (Å²) in [4.78, 5) is 42.4. The Bertz CT molecular complexity index is 1400. The van der Waals surface area contributed by atoms with Gasteiger partial charge in [0.15, 0.2) is 5.78 Å². The molecule has 1 heterocycles. The molecule has 1 aliphatic heterocycles. The Balaban J connectivity index is 1.61. The molecule has 0 fully saturated rings. The van der Waals surface area contributed by atoms with Crippen LogP contribution in [0.4, 0.5) is 10.5 Å². The number of fused-ring (bicyclic) bond motifs is 1. The van der Waals surface area contributed by atoms with E-state index in [4.69, 9.17) is 21.1 Å². The van der Waals surface area contributed by atoms with Crippen molar-refractivity contribution < 1.29 is 23.9 Å². The number of carbonyl (C=O) groups is 3. The van der Waals surface area contributed by atoms with Crippen molar-refractivity contribution >= 4 is 46.8 Å². The fourth-order valence-electron chi connectivity index (χ4n) is 4.51. The number of hydrogen-bond acceptors (Lipinski definition) is 6. The van der Waals surface area contributed by atoms with Crippen molar-refractivity contribution in [2.24, 2.45) is 0 Å². The van der Waals surface area contributed by atoms with Gasteiger partial charge in [0.2, 0.25) is 0 Å². The van der Waals surface area contributed by atoms with Crippen LogP contribution in [0.5, 0.6) is 5.75 Å². The van der Waals surface area contributed by atoms with E-state index in [1.807, 2.05) is 55.5 Å². The third kappa shape index (κ3) is 8.05. The monoisotopic (exact) mass is 594 g/mol. The number of amides is 2. The highest BCUT2D eigenvalue weighted by molar-refractivity contribution is 7.99. The zero-order valence-electron chi connectivity index (χ0n) is 23.9. The third-order valence-electron chi connectivity index (χ3n) is 6.66. The molecule has 0 saturated carbocycles. The van der Waals surface area contributed by atoms with E-state index in [1.165, 1.54) is 11.8 Å². The van der Waals surface area contributed by atoms with Crippen LogP contribution in [0.3, 0.4) is 0 Å². The Morgan fingerprint density at radius 3 is 2.39 bits per heavy atom. The molecule has 0 radical (unpaired) electrons. The largest absolute Gasteiger partial charge is 0.497 e. The molecule has 1 N–H and O–H groups in total. The van der Waals surface area contributed by atoms with Gasteiger partial charge >= 0.3 is 6.09 Å². The average Bonchev–Trinajstić information content (AvgIpc) is 3.05. The first-order chi connectivity index (χ1) is 19.4. The Kier molecular flexibility index (Phi) is 9.66. The highest BCUT2D eigenvalue weighted by Crippen LogP contribution is 2.37. The van der Waals surface area contributed by atoms with Gasteiger partial charge in [-0.05, 0) is 74.2 Å². The minimum absolute atomic E-state index is 0.00389. The van der Waals surface area contributed by atoms with E-state index in [9.17, 15) is 14.4 Å². The first-order valence-electron chi connectivity index (χ1n) is 13.4. The van der Waals surface area contributed by atoms with Gasteiger partial charge in [-0.3, -0.25) is 9.59 Å². The van der Waals surface area contributed by atoms with Crippen molar-refractivity contribution in [1.29, 1.82) is 0 Å². The van der Waals surface area contributed by atoms with Gasteiger partial charge in [-0.1, -0.05) is 48.9 Å². The molecule has 3 aromatic rings. The van der Waals surface area contributed by atoms with Crippen LogP contribution in [-0.2, 0) is 16.1 Å². The molecule has 216 valence electrons. The molecule has 4 rings (SSSR count). The lowest BCUT2D eigenvalue weighted by Gasteiger charge is -2.27. The molecule has 0 aromatic heterocycles. The standard InChI is InChI=1S/C32H35ClN2O5S/c1-20(22-8-13-25(39-5)14-9-22)16-28(36)23-10-15-29-27(17-23)35(18-21-6-11-24(33)12-7-21)30(37)26(19-41-29)34-31(38)40-32(2,3)4/h6-15,17,20,26H,16,18-19H2,1-5H3,(H,34,38)/t20-,26+/m1/s1. The Morgan fingerprint density at radius 1 is 1.07 bits per heavy atom.